The summed E-state index contributed by atoms with van der Waals surface area (Å²) in [7, 11) is -4.11. The predicted molar refractivity (Wildman–Crippen MR) is 170 cm³/mol. The molecule has 3 aromatic carbocycles. The van der Waals surface area contributed by atoms with Gasteiger partial charge < -0.3 is 31.0 Å². The molecule has 0 radical (unpaired) electrons. The molecular weight excluding hydrogens is 579 g/mol. The molecule has 0 bridgehead atoms. The zero-order valence-electron chi connectivity index (χ0n) is 24.6. The first-order valence-corrected chi connectivity index (χ1v) is 16.5. The minimum Gasteiger partial charge on any atom is -0.445 e. The zero-order chi connectivity index (χ0) is 31.5. The maximum atomic E-state index is 13.6. The lowest BCUT2D eigenvalue weighted by atomic mass is 9.98. The third-order valence-corrected chi connectivity index (χ3v) is 9.92. The van der Waals surface area contributed by atoms with Gasteiger partial charge in [0.1, 0.15) is 18.4 Å². The third kappa shape index (κ3) is 9.30. The molecule has 0 spiro atoms. The van der Waals surface area contributed by atoms with Crippen LogP contribution in [0.2, 0.25) is 0 Å². The Hall–Kier alpha value is -4.40. The quantitative estimate of drug-likeness (QED) is 0.119. The summed E-state index contributed by atoms with van der Waals surface area (Å²) in [6, 6.07) is 25.3. The number of aryl methyl sites for hydroxylation is 1. The van der Waals surface area contributed by atoms with Crippen molar-refractivity contribution in [3.63, 3.8) is 0 Å². The lowest BCUT2D eigenvalue weighted by Gasteiger charge is -2.26. The van der Waals surface area contributed by atoms with E-state index in [0.717, 1.165) is 27.6 Å². The molecule has 0 aliphatic carbocycles. The molecule has 0 saturated heterocycles. The second-order valence-electron chi connectivity index (χ2n) is 10.9. The molecule has 232 valence electrons. The van der Waals surface area contributed by atoms with E-state index >= 15 is 0 Å². The summed E-state index contributed by atoms with van der Waals surface area (Å²) in [5.74, 6) is -3.35. The Morgan fingerprint density at radius 3 is 2.25 bits per heavy atom. The molecule has 1 heterocycles. The number of nitrogens with one attached hydrogen (secondary N) is 3. The van der Waals surface area contributed by atoms with Crippen LogP contribution in [0.4, 0.5) is 4.79 Å². The summed E-state index contributed by atoms with van der Waals surface area (Å²) in [6.07, 6.45) is 2.20. The number of alkyl carbamates (subject to hydrolysis) is 1. The van der Waals surface area contributed by atoms with Crippen LogP contribution >= 0.6 is 7.37 Å². The van der Waals surface area contributed by atoms with Crippen LogP contribution < -0.4 is 16.4 Å². The molecule has 3 amide bonds. The minimum atomic E-state index is -4.11. The van der Waals surface area contributed by atoms with Crippen LogP contribution in [0.1, 0.15) is 36.5 Å². The molecule has 4 atom stereocenters. The Labute approximate surface area is 256 Å². The molecular formula is C33H39N4O6P. The van der Waals surface area contributed by atoms with E-state index in [1.807, 2.05) is 72.8 Å². The number of aromatic nitrogens is 1. The number of hydrogen-bond acceptors (Lipinski definition) is 5. The van der Waals surface area contributed by atoms with Crippen LogP contribution in [0.15, 0.2) is 91.1 Å². The maximum absolute atomic E-state index is 13.6. The van der Waals surface area contributed by atoms with Crippen molar-refractivity contribution < 1.29 is 28.6 Å². The van der Waals surface area contributed by atoms with Crippen molar-refractivity contribution in [1.82, 2.24) is 15.6 Å². The van der Waals surface area contributed by atoms with Gasteiger partial charge in [-0.05, 0) is 48.9 Å². The van der Waals surface area contributed by atoms with Gasteiger partial charge in [0.2, 0.25) is 19.2 Å². The summed E-state index contributed by atoms with van der Waals surface area (Å²) >= 11 is 0. The van der Waals surface area contributed by atoms with Crippen molar-refractivity contribution in [3.8, 4) is 0 Å². The second kappa shape index (κ2) is 15.4. The minimum absolute atomic E-state index is 0.00454. The molecule has 3 unspecified atom stereocenters. The molecule has 10 nitrogen and oxygen atoms in total. The first-order chi connectivity index (χ1) is 21.1. The topological polar surface area (TPSA) is 164 Å². The standard InChI is InChI=1S/C33H39N4O6P/c1-23(36-33(40)43-21-25-13-6-3-7-14-25)44(41,42)22-26(16-10-15-24-11-4-2-5-12-24)32(39)37-30(31(34)38)19-27-20-35-29-18-9-8-17-28(27)29/h2-9,11-14,17-18,20,23,26,30,35H,10,15-16,19,21-22H2,1H3,(H2,34,38)(H,36,40)(H,37,39)(H,41,42)/t23?,26?,30-/m0/s1. The number of aromatic amines is 1. The summed E-state index contributed by atoms with van der Waals surface area (Å²) in [5.41, 5.74) is 9.24. The average molecular weight is 619 g/mol. The van der Waals surface area contributed by atoms with Crippen molar-refractivity contribution in [2.45, 2.75) is 51.0 Å². The third-order valence-electron chi connectivity index (χ3n) is 7.62. The molecule has 6 N–H and O–H groups in total. The number of carbonyl (C=O) groups is 3. The Morgan fingerprint density at radius 2 is 1.57 bits per heavy atom. The van der Waals surface area contributed by atoms with E-state index in [9.17, 15) is 23.8 Å². The highest BCUT2D eigenvalue weighted by Crippen LogP contribution is 2.47. The highest BCUT2D eigenvalue weighted by Gasteiger charge is 2.36. The lowest BCUT2D eigenvalue weighted by Crippen LogP contribution is -2.48. The summed E-state index contributed by atoms with van der Waals surface area (Å²) in [5, 5.41) is 6.08. The van der Waals surface area contributed by atoms with Gasteiger partial charge in [-0.3, -0.25) is 14.2 Å². The normalized spacial score (nSPS) is 14.6. The fourth-order valence-electron chi connectivity index (χ4n) is 5.05. The van der Waals surface area contributed by atoms with Gasteiger partial charge in [-0.1, -0.05) is 78.9 Å². The molecule has 0 aliphatic rings. The van der Waals surface area contributed by atoms with Crippen LogP contribution in [0, 0.1) is 5.92 Å². The van der Waals surface area contributed by atoms with Gasteiger partial charge in [-0.2, -0.15) is 0 Å². The van der Waals surface area contributed by atoms with Crippen LogP contribution in [-0.4, -0.2) is 45.8 Å². The number of rotatable bonds is 15. The predicted octanol–water partition coefficient (Wildman–Crippen LogP) is 4.86. The number of ether oxygens (including phenoxy) is 1. The fraction of sp³-hybridized carbons (Fsp3) is 0.303. The Bertz CT molecular complexity index is 1590. The highest BCUT2D eigenvalue weighted by molar-refractivity contribution is 7.58. The molecule has 4 rings (SSSR count). The van der Waals surface area contributed by atoms with E-state index in [2.05, 4.69) is 15.6 Å². The summed E-state index contributed by atoms with van der Waals surface area (Å²) < 4.78 is 18.7. The van der Waals surface area contributed by atoms with Crippen LogP contribution in [0.25, 0.3) is 10.9 Å². The van der Waals surface area contributed by atoms with Crippen molar-refractivity contribution in [3.05, 3.63) is 108 Å². The number of para-hydroxylation sites is 1. The molecule has 4 aromatic rings. The first kappa shape index (κ1) is 32.5. The van der Waals surface area contributed by atoms with Crippen molar-refractivity contribution in [2.24, 2.45) is 11.7 Å². The van der Waals surface area contributed by atoms with E-state index < -0.39 is 49.2 Å². The van der Waals surface area contributed by atoms with Crippen LogP contribution in [0.5, 0.6) is 0 Å². The number of primary amides is 1. The monoisotopic (exact) mass is 618 g/mol. The second-order valence-corrected chi connectivity index (χ2v) is 13.6. The Kier molecular flexibility index (Phi) is 11.4. The SMILES string of the molecule is CC(NC(=O)OCc1ccccc1)P(=O)(O)CC(CCCc1ccccc1)C(=O)N[C@@H](Cc1c[nH]c2ccccc12)C(N)=O. The summed E-state index contributed by atoms with van der Waals surface area (Å²) in [6.45, 7) is 1.41. The number of H-pyrrole nitrogens is 1. The van der Waals surface area contributed by atoms with Crippen LogP contribution in [0.3, 0.4) is 0 Å². The number of fused-ring (bicyclic) bond motifs is 1. The van der Waals surface area contributed by atoms with Gasteiger partial charge in [-0.25, -0.2) is 4.79 Å². The Balaban J connectivity index is 1.43. The van der Waals surface area contributed by atoms with E-state index in [1.165, 1.54) is 6.92 Å². The maximum Gasteiger partial charge on any atom is 0.408 e. The lowest BCUT2D eigenvalue weighted by molar-refractivity contribution is -0.129. The van der Waals surface area contributed by atoms with Crippen LogP contribution in [-0.2, 0) is 38.3 Å². The molecule has 11 heteroatoms. The van der Waals surface area contributed by atoms with E-state index in [4.69, 9.17) is 10.5 Å². The molecule has 0 fully saturated rings. The molecule has 0 aliphatic heterocycles. The summed E-state index contributed by atoms with van der Waals surface area (Å²) in [4.78, 5) is 52.6. The van der Waals surface area contributed by atoms with Gasteiger partial charge in [0.05, 0.1) is 0 Å². The van der Waals surface area contributed by atoms with Crippen molar-refractivity contribution in [1.29, 1.82) is 0 Å². The van der Waals surface area contributed by atoms with Crippen molar-refractivity contribution in [2.75, 3.05) is 6.16 Å². The van der Waals surface area contributed by atoms with Gasteiger partial charge in [-0.15, -0.1) is 0 Å². The largest absolute Gasteiger partial charge is 0.445 e. The van der Waals surface area contributed by atoms with Gasteiger partial charge in [0, 0.05) is 35.6 Å². The number of hydrogen-bond donors (Lipinski definition) is 5. The smallest absolute Gasteiger partial charge is 0.408 e. The molecule has 0 saturated carbocycles. The first-order valence-electron chi connectivity index (χ1n) is 14.6. The number of amides is 3. The number of benzene rings is 3. The molecule has 1 aromatic heterocycles. The highest BCUT2D eigenvalue weighted by atomic mass is 31.2. The molecule has 44 heavy (non-hydrogen) atoms. The number of carbonyl (C=O) groups excluding carboxylic acids is 3. The number of nitrogens with two attached hydrogens (primary N) is 1. The van der Waals surface area contributed by atoms with Gasteiger partial charge in [0.15, 0.2) is 0 Å². The van der Waals surface area contributed by atoms with E-state index in [-0.39, 0.29) is 19.4 Å². The van der Waals surface area contributed by atoms with Crippen molar-refractivity contribution >= 4 is 36.2 Å². The van der Waals surface area contributed by atoms with E-state index in [1.54, 1.807) is 18.3 Å². The average Bonchev–Trinajstić information content (AvgIpc) is 3.42. The fourth-order valence-corrected chi connectivity index (χ4v) is 6.65. The Morgan fingerprint density at radius 1 is 0.932 bits per heavy atom. The van der Waals surface area contributed by atoms with E-state index in [0.29, 0.717) is 12.8 Å². The zero-order valence-corrected chi connectivity index (χ0v) is 25.5. The van der Waals surface area contributed by atoms with Gasteiger partial charge >= 0.3 is 6.09 Å². The van der Waals surface area contributed by atoms with Gasteiger partial charge in [0.25, 0.3) is 0 Å².